The Morgan fingerprint density at radius 2 is 2.09 bits per heavy atom. The lowest BCUT2D eigenvalue weighted by molar-refractivity contribution is 0.0735. The van der Waals surface area contributed by atoms with Crippen molar-refractivity contribution in [2.75, 3.05) is 13.6 Å². The van der Waals surface area contributed by atoms with E-state index in [2.05, 4.69) is 20.5 Å². The third kappa shape index (κ3) is 2.98. The predicted molar refractivity (Wildman–Crippen MR) is 86.0 cm³/mol. The number of amides is 1. The van der Waals surface area contributed by atoms with E-state index < -0.39 is 0 Å². The van der Waals surface area contributed by atoms with Gasteiger partial charge in [-0.15, -0.1) is 12.4 Å². The third-order valence-electron chi connectivity index (χ3n) is 4.10. The Balaban J connectivity index is 0.00000176. The first-order valence-corrected chi connectivity index (χ1v) is 7.12. The van der Waals surface area contributed by atoms with Gasteiger partial charge in [0, 0.05) is 50.2 Å². The van der Waals surface area contributed by atoms with Gasteiger partial charge in [-0.3, -0.25) is 14.9 Å². The van der Waals surface area contributed by atoms with Gasteiger partial charge in [-0.1, -0.05) is 0 Å². The Kier molecular flexibility index (Phi) is 5.15. The van der Waals surface area contributed by atoms with Gasteiger partial charge in [0.15, 0.2) is 5.69 Å². The van der Waals surface area contributed by atoms with Crippen molar-refractivity contribution in [1.29, 1.82) is 0 Å². The zero-order valence-corrected chi connectivity index (χ0v) is 13.5. The maximum Gasteiger partial charge on any atom is 0.274 e. The number of nitrogens with zero attached hydrogens (tertiary/aromatic N) is 3. The molecule has 0 radical (unpaired) electrons. The van der Waals surface area contributed by atoms with Crippen LogP contribution in [0.5, 0.6) is 0 Å². The second-order valence-corrected chi connectivity index (χ2v) is 5.33. The molecule has 0 bridgehead atoms. The van der Waals surface area contributed by atoms with Gasteiger partial charge in [-0.25, -0.2) is 0 Å². The summed E-state index contributed by atoms with van der Waals surface area (Å²) < 4.78 is 0. The number of carbonyl (C=O) groups is 1. The number of carbonyl (C=O) groups excluding carboxylic acids is 1. The molecule has 1 aliphatic rings. The summed E-state index contributed by atoms with van der Waals surface area (Å²) in [5.74, 6) is -0.0551. The number of pyridine rings is 1. The van der Waals surface area contributed by atoms with E-state index in [4.69, 9.17) is 0 Å². The first kappa shape index (κ1) is 16.5. The molecule has 1 amide bonds. The second-order valence-electron chi connectivity index (χ2n) is 5.33. The third-order valence-corrected chi connectivity index (χ3v) is 4.10. The maximum atomic E-state index is 12.7. The van der Waals surface area contributed by atoms with Crippen LogP contribution in [0.15, 0.2) is 24.5 Å². The van der Waals surface area contributed by atoms with Crippen molar-refractivity contribution in [3.63, 3.8) is 0 Å². The van der Waals surface area contributed by atoms with Crippen LogP contribution in [0.2, 0.25) is 0 Å². The van der Waals surface area contributed by atoms with Crippen LogP contribution in [0.3, 0.4) is 0 Å². The van der Waals surface area contributed by atoms with Crippen molar-refractivity contribution in [1.82, 2.24) is 25.4 Å². The maximum absolute atomic E-state index is 12.7. The molecule has 2 aromatic heterocycles. The van der Waals surface area contributed by atoms with Crippen molar-refractivity contribution in [2.24, 2.45) is 0 Å². The molecule has 1 atom stereocenters. The molecule has 6 nitrogen and oxygen atoms in total. The van der Waals surface area contributed by atoms with Crippen LogP contribution in [0.4, 0.5) is 0 Å². The van der Waals surface area contributed by atoms with Crippen molar-refractivity contribution in [3.8, 4) is 0 Å². The topological polar surface area (TPSA) is 73.9 Å². The molecule has 0 aliphatic carbocycles. The summed E-state index contributed by atoms with van der Waals surface area (Å²) in [7, 11) is 1.81. The number of hydrogen-bond donors (Lipinski definition) is 2. The highest BCUT2D eigenvalue weighted by Crippen LogP contribution is 2.22. The van der Waals surface area contributed by atoms with Gasteiger partial charge in [-0.05, 0) is 24.6 Å². The number of H-pyrrole nitrogens is 1. The van der Waals surface area contributed by atoms with E-state index in [0.29, 0.717) is 12.2 Å². The minimum atomic E-state index is -0.0551. The molecule has 0 spiro atoms. The van der Waals surface area contributed by atoms with E-state index in [0.717, 1.165) is 29.8 Å². The summed E-state index contributed by atoms with van der Waals surface area (Å²) in [4.78, 5) is 18.4. The highest BCUT2D eigenvalue weighted by Gasteiger charge is 2.26. The van der Waals surface area contributed by atoms with Crippen molar-refractivity contribution >= 4 is 18.3 Å². The minimum absolute atomic E-state index is 0. The van der Waals surface area contributed by atoms with Gasteiger partial charge in [0.2, 0.25) is 0 Å². The standard InChI is InChI=1S/C15H19N5O.ClH/c1-10(11-3-6-16-7-4-11)20(2)15(21)14-12-9-17-8-5-13(12)18-19-14;/h3-4,6-7,10,17H,5,8-9H2,1-2H3,(H,18,19);1H. The molecule has 0 saturated heterocycles. The van der Waals surface area contributed by atoms with Crippen LogP contribution in [-0.2, 0) is 13.0 Å². The zero-order valence-electron chi connectivity index (χ0n) is 12.7. The molecule has 0 saturated carbocycles. The van der Waals surface area contributed by atoms with Crippen LogP contribution in [0.1, 0.15) is 40.3 Å². The normalized spacial score (nSPS) is 14.6. The molecule has 3 heterocycles. The molecule has 2 N–H and O–H groups in total. The molecule has 1 unspecified atom stereocenters. The van der Waals surface area contributed by atoms with E-state index in [-0.39, 0.29) is 24.4 Å². The molecule has 0 fully saturated rings. The van der Waals surface area contributed by atoms with Crippen molar-refractivity contribution in [2.45, 2.75) is 25.9 Å². The number of rotatable bonds is 3. The van der Waals surface area contributed by atoms with Gasteiger partial charge in [0.05, 0.1) is 6.04 Å². The quantitative estimate of drug-likeness (QED) is 0.902. The fourth-order valence-electron chi connectivity index (χ4n) is 2.61. The summed E-state index contributed by atoms with van der Waals surface area (Å²) in [6.45, 7) is 3.63. The Hall–Kier alpha value is -1.92. The lowest BCUT2D eigenvalue weighted by Crippen LogP contribution is -2.32. The lowest BCUT2D eigenvalue weighted by Gasteiger charge is -2.25. The largest absolute Gasteiger partial charge is 0.334 e. The van der Waals surface area contributed by atoms with E-state index in [1.54, 1.807) is 17.3 Å². The molecule has 2 aromatic rings. The van der Waals surface area contributed by atoms with Crippen molar-refractivity contribution in [3.05, 3.63) is 47.0 Å². The SMILES string of the molecule is CC(c1ccncc1)N(C)C(=O)c1n[nH]c2c1CNCC2.Cl. The summed E-state index contributed by atoms with van der Waals surface area (Å²) in [5.41, 5.74) is 3.66. The van der Waals surface area contributed by atoms with Gasteiger partial charge in [0.1, 0.15) is 0 Å². The summed E-state index contributed by atoms with van der Waals surface area (Å²) >= 11 is 0. The minimum Gasteiger partial charge on any atom is -0.334 e. The number of aromatic amines is 1. The Morgan fingerprint density at radius 3 is 2.82 bits per heavy atom. The monoisotopic (exact) mass is 321 g/mol. The molecule has 22 heavy (non-hydrogen) atoms. The lowest BCUT2D eigenvalue weighted by atomic mass is 10.0. The molecule has 118 valence electrons. The highest BCUT2D eigenvalue weighted by molar-refractivity contribution is 5.94. The number of aromatic nitrogens is 3. The molecular formula is C15H20ClN5O. The summed E-state index contributed by atoms with van der Waals surface area (Å²) in [6, 6.07) is 3.83. The molecule has 3 rings (SSSR count). The predicted octanol–water partition coefficient (Wildman–Crippen LogP) is 1.71. The summed E-state index contributed by atoms with van der Waals surface area (Å²) in [6.07, 6.45) is 4.37. The Bertz CT molecular complexity index is 643. The van der Waals surface area contributed by atoms with Crippen LogP contribution in [-0.4, -0.2) is 39.6 Å². The molecule has 1 aliphatic heterocycles. The number of nitrogens with one attached hydrogen (secondary N) is 2. The van der Waals surface area contributed by atoms with E-state index in [9.17, 15) is 4.79 Å². The van der Waals surface area contributed by atoms with Gasteiger partial charge >= 0.3 is 0 Å². The van der Waals surface area contributed by atoms with E-state index in [1.807, 2.05) is 26.1 Å². The summed E-state index contributed by atoms with van der Waals surface area (Å²) in [5, 5.41) is 10.5. The molecular weight excluding hydrogens is 302 g/mol. The zero-order chi connectivity index (χ0) is 14.8. The van der Waals surface area contributed by atoms with Crippen molar-refractivity contribution < 1.29 is 4.79 Å². The van der Waals surface area contributed by atoms with Gasteiger partial charge in [-0.2, -0.15) is 5.10 Å². The Morgan fingerprint density at radius 1 is 1.36 bits per heavy atom. The van der Waals surface area contributed by atoms with Crippen LogP contribution in [0, 0.1) is 0 Å². The molecule has 0 aromatic carbocycles. The average Bonchev–Trinajstić information content (AvgIpc) is 2.97. The number of halogens is 1. The highest BCUT2D eigenvalue weighted by atomic mass is 35.5. The first-order chi connectivity index (χ1) is 10.2. The Labute approximate surface area is 135 Å². The van der Waals surface area contributed by atoms with Crippen LogP contribution < -0.4 is 5.32 Å². The smallest absolute Gasteiger partial charge is 0.274 e. The fourth-order valence-corrected chi connectivity index (χ4v) is 2.61. The number of fused-ring (bicyclic) bond motifs is 1. The first-order valence-electron chi connectivity index (χ1n) is 7.12. The average molecular weight is 322 g/mol. The van der Waals surface area contributed by atoms with Crippen LogP contribution >= 0.6 is 12.4 Å². The van der Waals surface area contributed by atoms with Gasteiger partial charge in [0.25, 0.3) is 5.91 Å². The van der Waals surface area contributed by atoms with Crippen LogP contribution in [0.25, 0.3) is 0 Å². The van der Waals surface area contributed by atoms with E-state index >= 15 is 0 Å². The van der Waals surface area contributed by atoms with E-state index in [1.165, 1.54) is 0 Å². The van der Waals surface area contributed by atoms with Gasteiger partial charge < -0.3 is 10.2 Å². The molecule has 7 heteroatoms. The number of hydrogen-bond acceptors (Lipinski definition) is 4. The second kappa shape index (κ2) is 6.89. The fraction of sp³-hybridized carbons (Fsp3) is 0.400.